The van der Waals surface area contributed by atoms with Gasteiger partial charge in [-0.25, -0.2) is 9.97 Å². The summed E-state index contributed by atoms with van der Waals surface area (Å²) in [6.45, 7) is 5.79. The first-order chi connectivity index (χ1) is 9.78. The fourth-order valence-corrected chi connectivity index (χ4v) is 1.88. The van der Waals surface area contributed by atoms with Crippen LogP contribution in [0.1, 0.15) is 24.7 Å². The number of aromatic nitrogens is 3. The Balaban J connectivity index is 1.90. The molecule has 2 aromatic heterocycles. The molecule has 0 bridgehead atoms. The van der Waals surface area contributed by atoms with Crippen LogP contribution < -0.4 is 10.6 Å². The van der Waals surface area contributed by atoms with Gasteiger partial charge in [0.25, 0.3) is 0 Å². The van der Waals surface area contributed by atoms with E-state index in [9.17, 15) is 0 Å². The molecule has 0 saturated heterocycles. The Morgan fingerprint density at radius 1 is 1.10 bits per heavy atom. The van der Waals surface area contributed by atoms with Gasteiger partial charge >= 0.3 is 0 Å². The first-order valence-corrected chi connectivity index (χ1v) is 7.00. The molecule has 5 nitrogen and oxygen atoms in total. The van der Waals surface area contributed by atoms with Crippen molar-refractivity contribution in [1.82, 2.24) is 15.0 Å². The van der Waals surface area contributed by atoms with Gasteiger partial charge in [0.05, 0.1) is 0 Å². The van der Waals surface area contributed by atoms with E-state index in [1.54, 1.807) is 6.20 Å². The lowest BCUT2D eigenvalue weighted by atomic mass is 10.2. The maximum Gasteiger partial charge on any atom is 0.131 e. The number of pyridine rings is 1. The molecule has 0 aliphatic heterocycles. The normalized spacial score (nSPS) is 10.3. The Morgan fingerprint density at radius 2 is 1.85 bits per heavy atom. The van der Waals surface area contributed by atoms with Gasteiger partial charge in [-0.1, -0.05) is 13.0 Å². The molecule has 2 rings (SSSR count). The molecule has 0 atom stereocenters. The Bertz CT molecular complexity index is 527. The zero-order valence-electron chi connectivity index (χ0n) is 12.1. The average molecular weight is 271 g/mol. The fraction of sp³-hybridized carbons (Fsp3) is 0.400. The topological polar surface area (TPSA) is 62.7 Å². The maximum absolute atomic E-state index is 4.40. The minimum atomic E-state index is 0.773. The minimum absolute atomic E-state index is 0.773. The molecule has 0 spiro atoms. The van der Waals surface area contributed by atoms with E-state index in [1.165, 1.54) is 5.56 Å². The van der Waals surface area contributed by atoms with Crippen molar-refractivity contribution in [3.05, 3.63) is 42.0 Å². The Morgan fingerprint density at radius 3 is 2.50 bits per heavy atom. The smallest absolute Gasteiger partial charge is 0.131 e. The number of aryl methyl sites for hydroxylation is 1. The summed E-state index contributed by atoms with van der Waals surface area (Å²) < 4.78 is 0. The molecule has 0 fully saturated rings. The summed E-state index contributed by atoms with van der Waals surface area (Å²) in [6, 6.07) is 5.98. The highest BCUT2D eigenvalue weighted by molar-refractivity contribution is 5.47. The Hall–Kier alpha value is -2.17. The van der Waals surface area contributed by atoms with Gasteiger partial charge in [-0.05, 0) is 31.4 Å². The van der Waals surface area contributed by atoms with Gasteiger partial charge in [0.15, 0.2) is 0 Å². The summed E-state index contributed by atoms with van der Waals surface area (Å²) >= 11 is 0. The van der Waals surface area contributed by atoms with Crippen LogP contribution >= 0.6 is 0 Å². The number of hydrogen-bond donors (Lipinski definition) is 2. The van der Waals surface area contributed by atoms with Crippen LogP contribution in [0, 0.1) is 6.92 Å². The van der Waals surface area contributed by atoms with Crippen molar-refractivity contribution < 1.29 is 0 Å². The van der Waals surface area contributed by atoms with Gasteiger partial charge < -0.3 is 10.6 Å². The van der Waals surface area contributed by atoms with Crippen LogP contribution in [-0.4, -0.2) is 28.0 Å². The first kappa shape index (κ1) is 14.2. The molecule has 106 valence electrons. The molecule has 2 N–H and O–H groups in total. The molecular weight excluding hydrogens is 250 g/mol. The van der Waals surface area contributed by atoms with Crippen molar-refractivity contribution in [2.24, 2.45) is 0 Å². The standard InChI is InChI=1S/C15H21N5/c1-3-7-17-14-10-15(20-12(2)19-14)18-9-6-13-5-4-8-16-11-13/h4-5,8,10-11H,3,6-7,9H2,1-2H3,(H2,17,18,19,20). The highest BCUT2D eigenvalue weighted by Gasteiger charge is 2.01. The summed E-state index contributed by atoms with van der Waals surface area (Å²) in [4.78, 5) is 12.9. The SMILES string of the molecule is CCCNc1cc(NCCc2cccnc2)nc(C)n1. The average Bonchev–Trinajstić information content (AvgIpc) is 2.46. The molecule has 0 saturated carbocycles. The van der Waals surface area contributed by atoms with E-state index in [0.717, 1.165) is 43.4 Å². The number of nitrogens with zero attached hydrogens (tertiary/aromatic N) is 3. The van der Waals surface area contributed by atoms with E-state index >= 15 is 0 Å². The number of nitrogens with one attached hydrogen (secondary N) is 2. The highest BCUT2D eigenvalue weighted by atomic mass is 15.1. The van der Waals surface area contributed by atoms with Gasteiger partial charge in [0, 0.05) is 31.5 Å². The number of hydrogen-bond acceptors (Lipinski definition) is 5. The van der Waals surface area contributed by atoms with Crippen LogP contribution in [0.15, 0.2) is 30.6 Å². The molecule has 0 amide bonds. The third kappa shape index (κ3) is 4.50. The summed E-state index contributed by atoms with van der Waals surface area (Å²) in [6.07, 6.45) is 5.68. The maximum atomic E-state index is 4.40. The molecule has 0 aliphatic carbocycles. The predicted octanol–water partition coefficient (Wildman–Crippen LogP) is 2.66. The third-order valence-electron chi connectivity index (χ3n) is 2.84. The number of rotatable bonds is 7. The van der Waals surface area contributed by atoms with Crippen LogP contribution in [0.3, 0.4) is 0 Å². The van der Waals surface area contributed by atoms with E-state index in [0.29, 0.717) is 0 Å². The van der Waals surface area contributed by atoms with Crippen LogP contribution in [-0.2, 0) is 6.42 Å². The molecule has 20 heavy (non-hydrogen) atoms. The molecule has 2 heterocycles. The molecule has 2 aromatic rings. The van der Waals surface area contributed by atoms with Gasteiger partial charge in [0.2, 0.25) is 0 Å². The largest absolute Gasteiger partial charge is 0.370 e. The van der Waals surface area contributed by atoms with Crippen molar-refractivity contribution >= 4 is 11.6 Å². The summed E-state index contributed by atoms with van der Waals surface area (Å²) in [5, 5.41) is 6.61. The van der Waals surface area contributed by atoms with Crippen molar-refractivity contribution in [2.75, 3.05) is 23.7 Å². The van der Waals surface area contributed by atoms with Gasteiger partial charge in [-0.15, -0.1) is 0 Å². The minimum Gasteiger partial charge on any atom is -0.370 e. The van der Waals surface area contributed by atoms with E-state index in [-0.39, 0.29) is 0 Å². The van der Waals surface area contributed by atoms with Crippen molar-refractivity contribution in [1.29, 1.82) is 0 Å². The molecule has 0 aliphatic rings. The second kappa shape index (κ2) is 7.43. The molecule has 5 heteroatoms. The lowest BCUT2D eigenvalue weighted by Gasteiger charge is -2.09. The quantitative estimate of drug-likeness (QED) is 0.810. The lowest BCUT2D eigenvalue weighted by Crippen LogP contribution is -2.09. The zero-order valence-corrected chi connectivity index (χ0v) is 12.1. The van der Waals surface area contributed by atoms with Gasteiger partial charge in [-0.2, -0.15) is 0 Å². The lowest BCUT2D eigenvalue weighted by molar-refractivity contribution is 0.945. The zero-order chi connectivity index (χ0) is 14.2. The number of anilines is 2. The Kier molecular flexibility index (Phi) is 5.29. The van der Waals surface area contributed by atoms with E-state index < -0.39 is 0 Å². The van der Waals surface area contributed by atoms with Gasteiger partial charge in [-0.3, -0.25) is 4.98 Å². The summed E-state index contributed by atoms with van der Waals surface area (Å²) in [5.74, 6) is 2.51. The van der Waals surface area contributed by atoms with Crippen LogP contribution in [0.4, 0.5) is 11.6 Å². The third-order valence-corrected chi connectivity index (χ3v) is 2.84. The van der Waals surface area contributed by atoms with E-state index in [4.69, 9.17) is 0 Å². The van der Waals surface area contributed by atoms with Crippen molar-refractivity contribution in [3.8, 4) is 0 Å². The molecule has 0 aromatic carbocycles. The highest BCUT2D eigenvalue weighted by Crippen LogP contribution is 2.11. The van der Waals surface area contributed by atoms with Crippen molar-refractivity contribution in [3.63, 3.8) is 0 Å². The van der Waals surface area contributed by atoms with Crippen LogP contribution in [0.25, 0.3) is 0 Å². The van der Waals surface area contributed by atoms with Crippen molar-refractivity contribution in [2.45, 2.75) is 26.7 Å². The monoisotopic (exact) mass is 271 g/mol. The van der Waals surface area contributed by atoms with E-state index in [2.05, 4.69) is 38.6 Å². The molecule has 0 radical (unpaired) electrons. The summed E-state index contributed by atoms with van der Waals surface area (Å²) in [7, 11) is 0. The van der Waals surface area contributed by atoms with Crippen LogP contribution in [0.5, 0.6) is 0 Å². The first-order valence-electron chi connectivity index (χ1n) is 7.00. The van der Waals surface area contributed by atoms with Crippen LogP contribution in [0.2, 0.25) is 0 Å². The fourth-order valence-electron chi connectivity index (χ4n) is 1.88. The second-order valence-corrected chi connectivity index (χ2v) is 4.65. The summed E-state index contributed by atoms with van der Waals surface area (Å²) in [5.41, 5.74) is 1.22. The molecule has 0 unspecified atom stereocenters. The Labute approximate surface area is 119 Å². The second-order valence-electron chi connectivity index (χ2n) is 4.65. The molecular formula is C15H21N5. The van der Waals surface area contributed by atoms with Gasteiger partial charge in [0.1, 0.15) is 17.5 Å². The van der Waals surface area contributed by atoms with E-state index in [1.807, 2.05) is 25.3 Å². The predicted molar refractivity (Wildman–Crippen MR) is 82.0 cm³/mol.